The summed E-state index contributed by atoms with van der Waals surface area (Å²) >= 11 is 0. The highest BCUT2D eigenvalue weighted by Crippen LogP contribution is 2.36. The molecule has 1 aromatic heterocycles. The minimum Gasteiger partial charge on any atom is -0.496 e. The van der Waals surface area contributed by atoms with Gasteiger partial charge in [0.05, 0.1) is 25.4 Å². The third-order valence-corrected chi connectivity index (χ3v) is 6.29. The van der Waals surface area contributed by atoms with Crippen molar-refractivity contribution < 1.29 is 12.3 Å². The molecule has 2 heterocycles. The van der Waals surface area contributed by atoms with Crippen molar-refractivity contribution in [2.75, 3.05) is 32.6 Å². The van der Waals surface area contributed by atoms with Crippen molar-refractivity contribution in [3.63, 3.8) is 0 Å². The average Bonchev–Trinajstić information content (AvgIpc) is 2.89. The first-order valence-corrected chi connectivity index (χ1v) is 11.3. The second kappa shape index (κ2) is 9.46. The van der Waals surface area contributed by atoms with Crippen LogP contribution >= 0.6 is 0 Å². The van der Waals surface area contributed by atoms with E-state index in [0.29, 0.717) is 11.9 Å². The number of hydrogen-bond acceptors (Lipinski definition) is 6. The van der Waals surface area contributed by atoms with Gasteiger partial charge in [0.25, 0.3) is 0 Å². The minimum atomic E-state index is 0. The van der Waals surface area contributed by atoms with Crippen LogP contribution in [0, 0.1) is 0 Å². The Morgan fingerprint density at radius 3 is 2.52 bits per heavy atom. The van der Waals surface area contributed by atoms with Crippen molar-refractivity contribution in [2.24, 2.45) is 0 Å². The van der Waals surface area contributed by atoms with Crippen LogP contribution in [0.4, 0.5) is 11.6 Å². The molecule has 1 fully saturated rings. The fraction of sp³-hybridized carbons (Fsp3) is 0.259. The molecule has 5 rings (SSSR count). The van der Waals surface area contributed by atoms with E-state index in [-0.39, 0.29) is 2.85 Å². The van der Waals surface area contributed by atoms with Crippen LogP contribution in [0.1, 0.15) is 27.2 Å². The van der Waals surface area contributed by atoms with Crippen molar-refractivity contribution in [3.05, 3.63) is 72.4 Å². The van der Waals surface area contributed by atoms with Crippen molar-refractivity contribution >= 4 is 22.5 Å². The summed E-state index contributed by atoms with van der Waals surface area (Å²) in [4.78, 5) is 9.42. The van der Waals surface area contributed by atoms with Crippen LogP contribution in [-0.2, 0) is 0 Å². The van der Waals surface area contributed by atoms with Gasteiger partial charge in [-0.3, -0.25) is 0 Å². The zero-order chi connectivity index (χ0) is 22.6. The topological polar surface area (TPSA) is 68.3 Å². The first-order valence-electron chi connectivity index (χ1n) is 11.3. The molecule has 1 aliphatic heterocycles. The number of aromatic nitrogens is 2. The maximum absolute atomic E-state index is 5.71. The number of nitrogens with one attached hydrogen (secondary N) is 2. The standard InChI is InChI=1S/C27H28N4O2.2H2/c1-32-24-9-4-3-7-21(24)22-8-5-6-20-17-29-27(31-26(20)22)30-23-11-10-19(16-25(23)33-2)18-12-14-28-15-13-18;;/h3-11,16-18,28H,12-15H2,1-2H3,(H,29,30,31);2*1H. The van der Waals surface area contributed by atoms with Crippen molar-refractivity contribution in [3.8, 4) is 22.6 Å². The van der Waals surface area contributed by atoms with Gasteiger partial charge in [-0.15, -0.1) is 0 Å². The number of anilines is 2. The summed E-state index contributed by atoms with van der Waals surface area (Å²) in [5.41, 5.74) is 5.04. The Labute approximate surface area is 197 Å². The lowest BCUT2D eigenvalue weighted by Crippen LogP contribution is -2.26. The van der Waals surface area contributed by atoms with E-state index in [1.165, 1.54) is 5.56 Å². The molecule has 33 heavy (non-hydrogen) atoms. The van der Waals surface area contributed by atoms with Gasteiger partial charge >= 0.3 is 0 Å². The number of methoxy groups -OCH3 is 2. The minimum absolute atomic E-state index is 0. The molecule has 2 N–H and O–H groups in total. The number of hydrogen-bond donors (Lipinski definition) is 2. The quantitative estimate of drug-likeness (QED) is 0.379. The zero-order valence-electron chi connectivity index (χ0n) is 19.0. The lowest BCUT2D eigenvalue weighted by molar-refractivity contribution is 0.413. The van der Waals surface area contributed by atoms with E-state index in [2.05, 4.69) is 39.9 Å². The Hall–Kier alpha value is -3.64. The van der Waals surface area contributed by atoms with Crippen LogP contribution in [0.5, 0.6) is 11.5 Å². The highest BCUT2D eigenvalue weighted by Gasteiger charge is 2.17. The van der Waals surface area contributed by atoms with Crippen LogP contribution in [0.25, 0.3) is 22.0 Å². The number of benzene rings is 3. The summed E-state index contributed by atoms with van der Waals surface area (Å²) in [5.74, 6) is 2.70. The number of para-hydroxylation sites is 2. The molecule has 6 nitrogen and oxygen atoms in total. The first-order chi connectivity index (χ1) is 16.3. The van der Waals surface area contributed by atoms with E-state index < -0.39 is 0 Å². The maximum Gasteiger partial charge on any atom is 0.227 e. The molecule has 6 heteroatoms. The van der Waals surface area contributed by atoms with Crippen molar-refractivity contribution in [1.29, 1.82) is 0 Å². The molecule has 1 aliphatic rings. The largest absolute Gasteiger partial charge is 0.496 e. The van der Waals surface area contributed by atoms with Crippen molar-refractivity contribution in [2.45, 2.75) is 18.8 Å². The van der Waals surface area contributed by atoms with E-state index >= 15 is 0 Å². The van der Waals surface area contributed by atoms with Crippen LogP contribution in [0.15, 0.2) is 66.9 Å². The Kier molecular flexibility index (Phi) is 6.09. The summed E-state index contributed by atoms with van der Waals surface area (Å²) in [6.45, 7) is 2.12. The highest BCUT2D eigenvalue weighted by molar-refractivity contribution is 5.95. The summed E-state index contributed by atoms with van der Waals surface area (Å²) in [5, 5.41) is 7.76. The molecule has 0 unspecified atom stereocenters. The van der Waals surface area contributed by atoms with Gasteiger partial charge in [0.2, 0.25) is 5.95 Å². The molecular formula is C27H32N4O2. The van der Waals surface area contributed by atoms with E-state index in [1.807, 2.05) is 42.6 Å². The molecule has 0 saturated carbocycles. The van der Waals surface area contributed by atoms with Gasteiger partial charge in [0.15, 0.2) is 0 Å². The molecule has 172 valence electrons. The van der Waals surface area contributed by atoms with Gasteiger partial charge in [-0.05, 0) is 55.6 Å². The Morgan fingerprint density at radius 2 is 1.70 bits per heavy atom. The zero-order valence-corrected chi connectivity index (χ0v) is 19.0. The predicted octanol–water partition coefficient (Wildman–Crippen LogP) is 6.02. The highest BCUT2D eigenvalue weighted by atomic mass is 16.5. The predicted molar refractivity (Wildman–Crippen MR) is 137 cm³/mol. The third-order valence-electron chi connectivity index (χ3n) is 6.29. The SMILES string of the molecule is COc1cc(C2CCNCC2)ccc1Nc1ncc2cccc(-c3ccccc3OC)c2n1.[HH].[HH]. The summed E-state index contributed by atoms with van der Waals surface area (Å²) < 4.78 is 11.3. The van der Waals surface area contributed by atoms with E-state index in [0.717, 1.165) is 65.1 Å². The summed E-state index contributed by atoms with van der Waals surface area (Å²) in [7, 11) is 3.39. The van der Waals surface area contributed by atoms with Crippen LogP contribution in [0.3, 0.4) is 0 Å². The second-order valence-corrected chi connectivity index (χ2v) is 8.25. The van der Waals surface area contributed by atoms with Gasteiger partial charge in [-0.25, -0.2) is 9.97 Å². The van der Waals surface area contributed by atoms with Crippen molar-refractivity contribution in [1.82, 2.24) is 15.3 Å². The average molecular weight is 445 g/mol. The fourth-order valence-corrected chi connectivity index (χ4v) is 4.54. The van der Waals surface area contributed by atoms with Crippen LogP contribution in [0.2, 0.25) is 0 Å². The molecule has 0 atom stereocenters. The normalized spacial score (nSPS) is 14.2. The van der Waals surface area contributed by atoms with E-state index in [9.17, 15) is 0 Å². The van der Waals surface area contributed by atoms with Crippen LogP contribution in [-0.4, -0.2) is 37.3 Å². The smallest absolute Gasteiger partial charge is 0.227 e. The lowest BCUT2D eigenvalue weighted by Gasteiger charge is -2.24. The van der Waals surface area contributed by atoms with Gasteiger partial charge in [0, 0.05) is 25.6 Å². The monoisotopic (exact) mass is 444 g/mol. The van der Waals surface area contributed by atoms with Gasteiger partial charge in [-0.1, -0.05) is 42.5 Å². The molecule has 4 aromatic rings. The number of rotatable bonds is 6. The molecule has 0 radical (unpaired) electrons. The molecule has 0 aliphatic carbocycles. The Bertz CT molecular complexity index is 1280. The number of piperidine rings is 1. The Balaban J connectivity index is 0.00000171. The van der Waals surface area contributed by atoms with Crippen LogP contribution < -0.4 is 20.1 Å². The maximum atomic E-state index is 5.71. The lowest BCUT2D eigenvalue weighted by atomic mass is 9.90. The number of ether oxygens (including phenoxy) is 2. The van der Waals surface area contributed by atoms with Gasteiger partial charge in [0.1, 0.15) is 11.5 Å². The molecule has 3 aromatic carbocycles. The first kappa shape index (κ1) is 21.2. The molecule has 0 bridgehead atoms. The second-order valence-electron chi connectivity index (χ2n) is 8.25. The van der Waals surface area contributed by atoms with Gasteiger partial charge in [-0.2, -0.15) is 0 Å². The number of fused-ring (bicyclic) bond motifs is 1. The Morgan fingerprint density at radius 1 is 0.909 bits per heavy atom. The molecule has 0 amide bonds. The summed E-state index contributed by atoms with van der Waals surface area (Å²) in [6.07, 6.45) is 4.14. The van der Waals surface area contributed by atoms with E-state index in [1.54, 1.807) is 14.2 Å². The summed E-state index contributed by atoms with van der Waals surface area (Å²) in [6, 6.07) is 20.5. The fourth-order valence-electron chi connectivity index (χ4n) is 4.54. The molecule has 1 saturated heterocycles. The molecule has 0 spiro atoms. The van der Waals surface area contributed by atoms with Gasteiger partial charge < -0.3 is 20.1 Å². The van der Waals surface area contributed by atoms with E-state index in [4.69, 9.17) is 14.5 Å². The molecular weight excluding hydrogens is 412 g/mol. The number of nitrogens with zero attached hydrogens (tertiary/aromatic N) is 2. The third kappa shape index (κ3) is 4.34.